The molecule has 1 saturated heterocycles. The maximum Gasteiger partial charge on any atom is 0.0597 e. The summed E-state index contributed by atoms with van der Waals surface area (Å²) in [6.45, 7) is 6.62. The van der Waals surface area contributed by atoms with E-state index in [0.717, 1.165) is 26.2 Å². The number of hydrogen-bond acceptors (Lipinski definition) is 3. The molecule has 2 fully saturated rings. The lowest BCUT2D eigenvalue weighted by atomic mass is 9.91. The van der Waals surface area contributed by atoms with Crippen LogP contribution in [-0.4, -0.2) is 48.2 Å². The molecule has 0 amide bonds. The predicted molar refractivity (Wildman–Crippen MR) is 120 cm³/mol. The second kappa shape index (κ2) is 10.9. The van der Waals surface area contributed by atoms with Crippen LogP contribution in [0.25, 0.3) is 0 Å². The molecule has 29 heavy (non-hydrogen) atoms. The van der Waals surface area contributed by atoms with Crippen molar-refractivity contribution in [2.75, 3.05) is 26.2 Å². The summed E-state index contributed by atoms with van der Waals surface area (Å²) < 4.78 is 6.25. The number of rotatable bonds is 9. The molecule has 0 aromatic heterocycles. The molecule has 3 nitrogen and oxygen atoms in total. The van der Waals surface area contributed by atoms with Crippen LogP contribution in [0.2, 0.25) is 0 Å². The maximum atomic E-state index is 6.25. The van der Waals surface area contributed by atoms with Gasteiger partial charge in [-0.3, -0.25) is 4.90 Å². The average Bonchev–Trinajstić information content (AvgIpc) is 3.29. The molecule has 2 aromatic rings. The summed E-state index contributed by atoms with van der Waals surface area (Å²) in [5, 5.41) is 0. The lowest BCUT2D eigenvalue weighted by Gasteiger charge is -2.37. The Morgan fingerprint density at radius 3 is 1.86 bits per heavy atom. The van der Waals surface area contributed by atoms with Crippen molar-refractivity contribution in [1.29, 1.82) is 0 Å². The number of nitrogens with zero attached hydrogens (tertiary/aromatic N) is 2. The highest BCUT2D eigenvalue weighted by Crippen LogP contribution is 2.27. The van der Waals surface area contributed by atoms with E-state index < -0.39 is 0 Å². The first kappa shape index (κ1) is 20.6. The van der Waals surface area contributed by atoms with Crippen molar-refractivity contribution >= 4 is 0 Å². The van der Waals surface area contributed by atoms with Crippen LogP contribution in [0.3, 0.4) is 0 Å². The zero-order chi connectivity index (χ0) is 19.7. The Hall–Kier alpha value is -1.68. The van der Waals surface area contributed by atoms with Gasteiger partial charge in [-0.05, 0) is 62.7 Å². The van der Waals surface area contributed by atoms with Crippen LogP contribution in [0.5, 0.6) is 0 Å². The molecule has 0 atom stereocenters. The van der Waals surface area contributed by atoms with Crippen molar-refractivity contribution in [2.24, 2.45) is 0 Å². The Morgan fingerprint density at radius 1 is 0.759 bits per heavy atom. The minimum atomic E-state index is 0.462. The van der Waals surface area contributed by atoms with Gasteiger partial charge in [0.2, 0.25) is 0 Å². The molecule has 0 spiro atoms. The average molecular weight is 393 g/mol. The van der Waals surface area contributed by atoms with Gasteiger partial charge in [-0.25, -0.2) is 0 Å². The van der Waals surface area contributed by atoms with Gasteiger partial charge in [0, 0.05) is 25.7 Å². The Balaban J connectivity index is 1.29. The lowest BCUT2D eigenvalue weighted by molar-refractivity contribution is -0.00220. The van der Waals surface area contributed by atoms with Crippen molar-refractivity contribution in [1.82, 2.24) is 9.80 Å². The Bertz CT molecular complexity index is 650. The third kappa shape index (κ3) is 6.40. The third-order valence-electron chi connectivity index (χ3n) is 6.58. The highest BCUT2D eigenvalue weighted by Gasteiger charge is 2.26. The Labute approximate surface area is 176 Å². The van der Waals surface area contributed by atoms with E-state index in [-0.39, 0.29) is 0 Å². The van der Waals surface area contributed by atoms with Gasteiger partial charge in [0.25, 0.3) is 0 Å². The second-order valence-electron chi connectivity index (χ2n) is 8.73. The van der Waals surface area contributed by atoms with Gasteiger partial charge in [0.15, 0.2) is 0 Å². The molecule has 2 aliphatic rings. The van der Waals surface area contributed by atoms with Crippen molar-refractivity contribution in [2.45, 2.75) is 63.8 Å². The van der Waals surface area contributed by atoms with E-state index >= 15 is 0 Å². The Kier molecular flexibility index (Phi) is 7.75. The van der Waals surface area contributed by atoms with Crippen LogP contribution in [0.4, 0.5) is 0 Å². The first-order valence-electron chi connectivity index (χ1n) is 11.5. The first-order valence-corrected chi connectivity index (χ1v) is 11.5. The van der Waals surface area contributed by atoms with Crippen LogP contribution >= 0.6 is 0 Å². The van der Waals surface area contributed by atoms with Gasteiger partial charge in [0.05, 0.1) is 12.7 Å². The van der Waals surface area contributed by atoms with Gasteiger partial charge in [-0.15, -0.1) is 0 Å². The van der Waals surface area contributed by atoms with E-state index in [1.165, 1.54) is 62.7 Å². The van der Waals surface area contributed by atoms with E-state index in [1.807, 2.05) is 0 Å². The fraction of sp³-hybridized carbons (Fsp3) is 0.538. The maximum absolute atomic E-state index is 6.25. The van der Waals surface area contributed by atoms with Crippen molar-refractivity contribution in [3.8, 4) is 0 Å². The van der Waals surface area contributed by atoms with Crippen molar-refractivity contribution in [3.63, 3.8) is 0 Å². The first-order chi connectivity index (χ1) is 14.4. The quantitative estimate of drug-likeness (QED) is 0.590. The summed E-state index contributed by atoms with van der Waals surface area (Å²) in [7, 11) is 0. The van der Waals surface area contributed by atoms with Gasteiger partial charge in [0.1, 0.15) is 0 Å². The molecule has 0 unspecified atom stereocenters. The molecule has 0 radical (unpaired) electrons. The van der Waals surface area contributed by atoms with Crippen molar-refractivity contribution in [3.05, 3.63) is 71.8 Å². The van der Waals surface area contributed by atoms with Crippen LogP contribution < -0.4 is 0 Å². The summed E-state index contributed by atoms with van der Waals surface area (Å²) in [6.07, 6.45) is 8.08. The van der Waals surface area contributed by atoms with E-state index in [9.17, 15) is 0 Å². The molecular formula is C26H36N2O. The zero-order valence-electron chi connectivity index (χ0n) is 17.7. The topological polar surface area (TPSA) is 15.7 Å². The van der Waals surface area contributed by atoms with Crippen molar-refractivity contribution < 1.29 is 4.74 Å². The predicted octanol–water partition coefficient (Wildman–Crippen LogP) is 5.11. The number of likely N-dealkylation sites (tertiary alicyclic amines) is 1. The normalized spacial score (nSPS) is 22.9. The van der Waals surface area contributed by atoms with Gasteiger partial charge in [-0.2, -0.15) is 0 Å². The molecule has 4 rings (SSSR count). The van der Waals surface area contributed by atoms with Gasteiger partial charge in [-0.1, -0.05) is 60.7 Å². The van der Waals surface area contributed by atoms with Gasteiger partial charge >= 0.3 is 0 Å². The lowest BCUT2D eigenvalue weighted by Crippen LogP contribution is -2.39. The summed E-state index contributed by atoms with van der Waals surface area (Å²) >= 11 is 0. The molecule has 2 aromatic carbocycles. The minimum absolute atomic E-state index is 0.462. The molecule has 1 heterocycles. The summed E-state index contributed by atoms with van der Waals surface area (Å²) in [4.78, 5) is 5.23. The number of benzene rings is 2. The van der Waals surface area contributed by atoms with Crippen LogP contribution in [0, 0.1) is 0 Å². The molecule has 1 saturated carbocycles. The molecule has 1 aliphatic carbocycles. The molecule has 3 heteroatoms. The van der Waals surface area contributed by atoms with E-state index in [0.29, 0.717) is 12.1 Å². The van der Waals surface area contributed by atoms with Crippen LogP contribution in [-0.2, 0) is 17.8 Å². The molecule has 0 bridgehead atoms. The smallest absolute Gasteiger partial charge is 0.0597 e. The molecule has 1 aliphatic heterocycles. The van der Waals surface area contributed by atoms with E-state index in [2.05, 4.69) is 70.5 Å². The number of hydrogen-bond donors (Lipinski definition) is 0. The summed E-state index contributed by atoms with van der Waals surface area (Å²) in [5.41, 5.74) is 2.82. The standard InChI is InChI=1S/C26H36N2O/c1-3-9-23(10-4-1)21-28(22-24-11-5-2-6-12-24)25-13-15-26(16-14-25)29-20-19-27-17-7-8-18-27/h1-6,9-12,25-26H,7-8,13-22H2/t25-,26-. The fourth-order valence-electron chi connectivity index (χ4n) is 4.88. The molecular weight excluding hydrogens is 356 g/mol. The SMILES string of the molecule is c1ccc(CN(Cc2ccccc2)[C@H]2CC[C@H](OCCN3CCCC3)CC2)cc1. The third-order valence-corrected chi connectivity index (χ3v) is 6.58. The van der Waals surface area contributed by atoms with E-state index in [4.69, 9.17) is 4.74 Å². The number of ether oxygens (including phenoxy) is 1. The highest BCUT2D eigenvalue weighted by atomic mass is 16.5. The molecule has 156 valence electrons. The van der Waals surface area contributed by atoms with Crippen LogP contribution in [0.15, 0.2) is 60.7 Å². The largest absolute Gasteiger partial charge is 0.377 e. The Morgan fingerprint density at radius 2 is 1.31 bits per heavy atom. The van der Waals surface area contributed by atoms with E-state index in [1.54, 1.807) is 0 Å². The minimum Gasteiger partial charge on any atom is -0.377 e. The summed E-state index contributed by atoms with van der Waals surface area (Å²) in [6, 6.07) is 22.5. The summed E-state index contributed by atoms with van der Waals surface area (Å²) in [5.74, 6) is 0. The zero-order valence-corrected chi connectivity index (χ0v) is 17.7. The fourth-order valence-corrected chi connectivity index (χ4v) is 4.88. The second-order valence-corrected chi connectivity index (χ2v) is 8.73. The monoisotopic (exact) mass is 392 g/mol. The van der Waals surface area contributed by atoms with Crippen LogP contribution in [0.1, 0.15) is 49.7 Å². The highest BCUT2D eigenvalue weighted by molar-refractivity contribution is 5.17. The van der Waals surface area contributed by atoms with Gasteiger partial charge < -0.3 is 9.64 Å². The molecule has 0 N–H and O–H groups in total.